The van der Waals surface area contributed by atoms with Crippen molar-refractivity contribution >= 4 is 21.6 Å². The predicted molar refractivity (Wildman–Crippen MR) is 74.7 cm³/mol. The zero-order chi connectivity index (χ0) is 14.2. The summed E-state index contributed by atoms with van der Waals surface area (Å²) >= 11 is 5.86. The minimum Gasteiger partial charge on any atom is -0.247 e. The maximum absolute atomic E-state index is 12.2. The number of hydrogen-bond donors (Lipinski definition) is 0. The van der Waals surface area contributed by atoms with Crippen LogP contribution in [0, 0.1) is 0 Å². The van der Waals surface area contributed by atoms with Gasteiger partial charge in [-0.15, -0.1) is 5.10 Å². The average Bonchev–Trinajstić information content (AvgIpc) is 2.79. The summed E-state index contributed by atoms with van der Waals surface area (Å²) in [6, 6.07) is 6.99. The molecule has 0 aliphatic carbocycles. The van der Waals surface area contributed by atoms with Crippen LogP contribution in [0.25, 0.3) is 0 Å². The molecule has 8 heteroatoms. The molecule has 0 saturated carbocycles. The summed E-state index contributed by atoms with van der Waals surface area (Å²) < 4.78 is 27.6. The van der Waals surface area contributed by atoms with Gasteiger partial charge >= 0.3 is 0 Å². The number of halogens is 1. The monoisotopic (exact) mass is 312 g/mol. The smallest absolute Gasteiger partial charge is 0.218 e. The van der Waals surface area contributed by atoms with Crippen molar-refractivity contribution in [2.75, 3.05) is 13.1 Å². The van der Waals surface area contributed by atoms with Crippen molar-refractivity contribution in [2.24, 2.45) is 0 Å². The van der Waals surface area contributed by atoms with Gasteiger partial charge < -0.3 is 0 Å². The highest BCUT2D eigenvalue weighted by molar-refractivity contribution is 7.88. The molecule has 1 aliphatic rings. The predicted octanol–water partition coefficient (Wildman–Crippen LogP) is 1.32. The van der Waals surface area contributed by atoms with Gasteiger partial charge in [-0.25, -0.2) is 13.1 Å². The van der Waals surface area contributed by atoms with Gasteiger partial charge in [0.1, 0.15) is 0 Å². The number of rotatable bonds is 4. The lowest BCUT2D eigenvalue weighted by molar-refractivity contribution is 0.188. The molecular weight excluding hydrogens is 300 g/mol. The fraction of sp³-hybridized carbons (Fsp3) is 0.333. The van der Waals surface area contributed by atoms with Crippen LogP contribution < -0.4 is 0 Å². The van der Waals surface area contributed by atoms with Crippen LogP contribution in [0.5, 0.6) is 0 Å². The molecule has 1 fully saturated rings. The highest BCUT2D eigenvalue weighted by atomic mass is 35.5. The molecular formula is C12H13ClN4O2S. The molecule has 0 atom stereocenters. The van der Waals surface area contributed by atoms with Crippen molar-refractivity contribution in [1.82, 2.24) is 19.3 Å². The van der Waals surface area contributed by atoms with E-state index in [1.807, 2.05) is 0 Å². The third kappa shape index (κ3) is 2.70. The molecule has 3 rings (SSSR count). The van der Waals surface area contributed by atoms with Gasteiger partial charge in [0.25, 0.3) is 0 Å². The lowest BCUT2D eigenvalue weighted by atomic mass is 10.2. The third-order valence-corrected chi connectivity index (χ3v) is 5.29. The van der Waals surface area contributed by atoms with Crippen molar-refractivity contribution < 1.29 is 8.42 Å². The Labute approximate surface area is 122 Å². The van der Waals surface area contributed by atoms with Crippen molar-refractivity contribution in [3.63, 3.8) is 0 Å². The molecule has 0 bridgehead atoms. The summed E-state index contributed by atoms with van der Waals surface area (Å²) in [4.78, 5) is 0. The summed E-state index contributed by atoms with van der Waals surface area (Å²) in [7, 11) is -3.30. The zero-order valence-electron chi connectivity index (χ0n) is 10.6. The van der Waals surface area contributed by atoms with E-state index in [1.54, 1.807) is 41.3 Å². The Balaban J connectivity index is 1.66. The number of nitrogens with zero attached hydrogens (tertiary/aromatic N) is 4. The van der Waals surface area contributed by atoms with Crippen molar-refractivity contribution in [2.45, 2.75) is 11.8 Å². The lowest BCUT2D eigenvalue weighted by Crippen LogP contribution is -2.51. The summed E-state index contributed by atoms with van der Waals surface area (Å²) in [5.41, 5.74) is 0.696. The number of sulfonamides is 1. The van der Waals surface area contributed by atoms with Crippen LogP contribution in [-0.4, -0.2) is 40.8 Å². The zero-order valence-corrected chi connectivity index (χ0v) is 12.1. The summed E-state index contributed by atoms with van der Waals surface area (Å²) in [6.07, 6.45) is 3.33. The first kappa shape index (κ1) is 13.5. The Bertz CT molecular complexity index is 696. The Kier molecular flexibility index (Phi) is 3.49. The van der Waals surface area contributed by atoms with Crippen LogP contribution in [0.1, 0.15) is 11.6 Å². The van der Waals surface area contributed by atoms with E-state index < -0.39 is 10.0 Å². The summed E-state index contributed by atoms with van der Waals surface area (Å²) in [5.74, 6) is -0.0301. The normalized spacial score (nSPS) is 17.1. The molecule has 6 nitrogen and oxygen atoms in total. The Morgan fingerprint density at radius 1 is 1.35 bits per heavy atom. The van der Waals surface area contributed by atoms with Gasteiger partial charge in [0, 0.05) is 24.3 Å². The van der Waals surface area contributed by atoms with Crippen LogP contribution in [0.4, 0.5) is 0 Å². The fourth-order valence-corrected chi connectivity index (χ4v) is 3.95. The molecule has 1 aliphatic heterocycles. The Hall–Kier alpha value is -1.44. The van der Waals surface area contributed by atoms with E-state index >= 15 is 0 Å². The molecule has 1 aromatic carbocycles. The second-order valence-corrected chi connectivity index (χ2v) is 7.15. The van der Waals surface area contributed by atoms with Gasteiger partial charge in [0.15, 0.2) is 0 Å². The van der Waals surface area contributed by atoms with Gasteiger partial charge in [-0.1, -0.05) is 28.9 Å². The van der Waals surface area contributed by atoms with Gasteiger partial charge in [-0.3, -0.25) is 0 Å². The second kappa shape index (κ2) is 5.16. The third-order valence-electron chi connectivity index (χ3n) is 3.28. The van der Waals surface area contributed by atoms with Crippen LogP contribution >= 0.6 is 11.6 Å². The molecule has 1 saturated heterocycles. The van der Waals surface area contributed by atoms with Crippen molar-refractivity contribution in [3.8, 4) is 0 Å². The quantitative estimate of drug-likeness (QED) is 0.854. The van der Waals surface area contributed by atoms with Gasteiger partial charge in [0.2, 0.25) is 10.0 Å². The average molecular weight is 313 g/mol. The Morgan fingerprint density at radius 2 is 2.15 bits per heavy atom. The van der Waals surface area contributed by atoms with Gasteiger partial charge in [-0.2, -0.15) is 4.31 Å². The highest BCUT2D eigenvalue weighted by Gasteiger charge is 2.37. The van der Waals surface area contributed by atoms with Gasteiger partial charge in [-0.05, 0) is 17.7 Å². The van der Waals surface area contributed by atoms with E-state index in [4.69, 9.17) is 11.6 Å². The molecule has 0 radical (unpaired) electrons. The first-order valence-corrected chi connectivity index (χ1v) is 8.11. The van der Waals surface area contributed by atoms with E-state index in [1.165, 1.54) is 4.31 Å². The summed E-state index contributed by atoms with van der Waals surface area (Å²) in [5, 5.41) is 8.14. The van der Waals surface area contributed by atoms with E-state index in [2.05, 4.69) is 10.3 Å². The first-order valence-electron chi connectivity index (χ1n) is 6.13. The molecule has 2 heterocycles. The van der Waals surface area contributed by atoms with Crippen LogP contribution in [0.2, 0.25) is 5.02 Å². The summed E-state index contributed by atoms with van der Waals surface area (Å²) in [6.45, 7) is 0.874. The number of aromatic nitrogens is 3. The second-order valence-electron chi connectivity index (χ2n) is 4.74. The Morgan fingerprint density at radius 3 is 2.80 bits per heavy atom. The highest BCUT2D eigenvalue weighted by Crippen LogP contribution is 2.25. The number of hydrogen-bond acceptors (Lipinski definition) is 4. The first-order chi connectivity index (χ1) is 9.54. The maximum Gasteiger partial charge on any atom is 0.218 e. The number of benzene rings is 1. The van der Waals surface area contributed by atoms with E-state index in [9.17, 15) is 8.42 Å². The standard InChI is InChI=1S/C12H13ClN4O2S/c13-11-3-1-2-10(6-11)9-20(18,19)16-7-12(8-16)17-5-4-14-15-17/h1-6,12H,7-9H2. The van der Waals surface area contributed by atoms with Crippen LogP contribution in [-0.2, 0) is 15.8 Å². The SMILES string of the molecule is O=S(=O)(Cc1cccc(Cl)c1)N1CC(n2ccnn2)C1. The molecule has 0 amide bonds. The molecule has 0 unspecified atom stereocenters. The molecule has 2 aromatic rings. The molecule has 1 aromatic heterocycles. The van der Waals surface area contributed by atoms with Crippen molar-refractivity contribution in [1.29, 1.82) is 0 Å². The van der Waals surface area contributed by atoms with Gasteiger partial charge in [0.05, 0.1) is 18.0 Å². The lowest BCUT2D eigenvalue weighted by Gasteiger charge is -2.37. The topological polar surface area (TPSA) is 68.1 Å². The molecule has 0 spiro atoms. The molecule has 106 valence electrons. The van der Waals surface area contributed by atoms with Crippen LogP contribution in [0.3, 0.4) is 0 Å². The minimum atomic E-state index is -3.30. The van der Waals surface area contributed by atoms with E-state index in [-0.39, 0.29) is 11.8 Å². The maximum atomic E-state index is 12.2. The fourth-order valence-electron chi connectivity index (χ4n) is 2.15. The molecule has 20 heavy (non-hydrogen) atoms. The van der Waals surface area contributed by atoms with Crippen molar-refractivity contribution in [3.05, 3.63) is 47.2 Å². The van der Waals surface area contributed by atoms with E-state index in [0.29, 0.717) is 23.7 Å². The largest absolute Gasteiger partial charge is 0.247 e. The molecule has 0 N–H and O–H groups in total. The minimum absolute atomic E-state index is 0.0301. The van der Waals surface area contributed by atoms with Crippen LogP contribution in [0.15, 0.2) is 36.7 Å². The van der Waals surface area contributed by atoms with E-state index in [0.717, 1.165) is 0 Å².